The van der Waals surface area contributed by atoms with Crippen LogP contribution in [0.1, 0.15) is 53.3 Å². The van der Waals surface area contributed by atoms with Gasteiger partial charge in [0.25, 0.3) is 5.91 Å². The lowest BCUT2D eigenvalue weighted by Gasteiger charge is -2.15. The van der Waals surface area contributed by atoms with E-state index in [0.29, 0.717) is 47.5 Å². The zero-order valence-electron chi connectivity index (χ0n) is 23.0. The molecule has 0 radical (unpaired) electrons. The molecule has 2 N–H and O–H groups in total. The predicted octanol–water partition coefficient (Wildman–Crippen LogP) is 4.81. The normalized spacial score (nSPS) is 17.0. The molecule has 1 aliphatic carbocycles. The van der Waals surface area contributed by atoms with Gasteiger partial charge in [-0.05, 0) is 55.5 Å². The van der Waals surface area contributed by atoms with Gasteiger partial charge in [0.1, 0.15) is 28.8 Å². The summed E-state index contributed by atoms with van der Waals surface area (Å²) in [7, 11) is 1.59. The topological polar surface area (TPSA) is 126 Å². The average molecular weight is 554 g/mol. The van der Waals surface area contributed by atoms with Crippen molar-refractivity contribution in [3.8, 4) is 22.8 Å². The number of aromatic amines is 1. The van der Waals surface area contributed by atoms with E-state index in [0.717, 1.165) is 58.9 Å². The lowest BCUT2D eigenvalue weighted by Crippen LogP contribution is -2.15. The Bertz CT molecular complexity index is 1770. The molecule has 0 unspecified atom stereocenters. The van der Waals surface area contributed by atoms with Crippen molar-refractivity contribution in [2.24, 2.45) is 0 Å². The first-order valence-corrected chi connectivity index (χ1v) is 14.0. The molecule has 5 aromatic rings. The predicted molar refractivity (Wildman–Crippen MR) is 152 cm³/mol. The highest BCUT2D eigenvalue weighted by Gasteiger charge is 2.38. The number of benzene rings is 2. The van der Waals surface area contributed by atoms with Crippen LogP contribution in [0.15, 0.2) is 47.0 Å². The van der Waals surface area contributed by atoms with Crippen molar-refractivity contribution in [3.05, 3.63) is 65.4 Å². The number of carbonyl (C=O) groups is 1. The number of methoxy groups -OCH3 is 1. The molecule has 1 atom stereocenters. The molecule has 0 bridgehead atoms. The lowest BCUT2D eigenvalue weighted by molar-refractivity contribution is 0.0862. The van der Waals surface area contributed by atoms with E-state index in [1.165, 1.54) is 0 Å². The number of aliphatic hydroxyl groups is 1. The molecule has 1 saturated carbocycles. The van der Waals surface area contributed by atoms with E-state index in [4.69, 9.17) is 23.9 Å². The number of carbonyl (C=O) groups excluding carboxylic acids is 1. The Hall–Kier alpha value is -4.44. The van der Waals surface area contributed by atoms with Gasteiger partial charge in [0.15, 0.2) is 11.5 Å². The summed E-state index contributed by atoms with van der Waals surface area (Å²) >= 11 is 0. The van der Waals surface area contributed by atoms with Crippen LogP contribution < -0.4 is 9.47 Å². The molecule has 41 heavy (non-hydrogen) atoms. The number of H-pyrrole nitrogens is 1. The van der Waals surface area contributed by atoms with Gasteiger partial charge in [0.2, 0.25) is 5.88 Å². The number of fused-ring (bicyclic) bond motifs is 2. The molecule has 4 heterocycles. The van der Waals surface area contributed by atoms with E-state index >= 15 is 0 Å². The fourth-order valence-electron chi connectivity index (χ4n) is 5.75. The van der Waals surface area contributed by atoms with Crippen LogP contribution >= 0.6 is 0 Å². The van der Waals surface area contributed by atoms with E-state index in [2.05, 4.69) is 9.97 Å². The van der Waals surface area contributed by atoms with Crippen molar-refractivity contribution in [1.82, 2.24) is 24.8 Å². The Kier molecular flexibility index (Phi) is 6.34. The molecular weight excluding hydrogens is 522 g/mol. The molecule has 3 aromatic heterocycles. The molecule has 10 nitrogen and oxygen atoms in total. The number of oxazole rings is 1. The number of ether oxygens (including phenoxy) is 2. The third-order valence-corrected chi connectivity index (χ3v) is 8.00. The highest BCUT2D eigenvalue weighted by Crippen LogP contribution is 2.37. The van der Waals surface area contributed by atoms with Crippen LogP contribution in [0.25, 0.3) is 33.3 Å². The summed E-state index contributed by atoms with van der Waals surface area (Å²) in [6.07, 6.45) is 6.74. The Morgan fingerprint density at radius 1 is 1.15 bits per heavy atom. The molecule has 210 valence electrons. The van der Waals surface area contributed by atoms with Crippen LogP contribution in [0.2, 0.25) is 0 Å². The van der Waals surface area contributed by atoms with Crippen LogP contribution in [0.4, 0.5) is 0 Å². The van der Waals surface area contributed by atoms with Crippen LogP contribution in [0.5, 0.6) is 11.6 Å². The average Bonchev–Trinajstić information content (AvgIpc) is 3.26. The maximum Gasteiger partial charge on any atom is 0.254 e. The fraction of sp³-hybridized carbons (Fsp3) is 0.355. The molecule has 2 aliphatic rings. The minimum absolute atomic E-state index is 0.0270. The Balaban J connectivity index is 1.25. The number of hydrogen-bond donors (Lipinski definition) is 2. The smallest absolute Gasteiger partial charge is 0.254 e. The molecule has 7 rings (SSSR count). The van der Waals surface area contributed by atoms with Gasteiger partial charge in [-0.15, -0.1) is 0 Å². The maximum absolute atomic E-state index is 12.8. The van der Waals surface area contributed by atoms with E-state index in [9.17, 15) is 9.90 Å². The Morgan fingerprint density at radius 3 is 2.78 bits per heavy atom. The first kappa shape index (κ1) is 25.5. The van der Waals surface area contributed by atoms with Gasteiger partial charge in [0.05, 0.1) is 25.1 Å². The minimum atomic E-state index is -0.114. The monoisotopic (exact) mass is 553 g/mol. The number of nitrogens with zero attached hydrogens (tertiary/aromatic N) is 4. The third-order valence-electron chi connectivity index (χ3n) is 8.00. The molecular formula is C31H31N5O5. The van der Waals surface area contributed by atoms with Crippen molar-refractivity contribution in [3.63, 3.8) is 0 Å². The van der Waals surface area contributed by atoms with Crippen molar-refractivity contribution in [2.75, 3.05) is 20.3 Å². The molecule has 10 heteroatoms. The van der Waals surface area contributed by atoms with Crippen molar-refractivity contribution >= 4 is 28.0 Å². The Labute approximate surface area is 236 Å². The number of aromatic nitrogens is 4. The molecule has 0 spiro atoms. The zero-order chi connectivity index (χ0) is 28.1. The minimum Gasteiger partial charge on any atom is -0.496 e. The summed E-state index contributed by atoms with van der Waals surface area (Å²) < 4.78 is 18.0. The summed E-state index contributed by atoms with van der Waals surface area (Å²) in [4.78, 5) is 32.0. The van der Waals surface area contributed by atoms with Crippen molar-refractivity contribution < 1.29 is 23.8 Å². The second-order valence-corrected chi connectivity index (χ2v) is 10.8. The summed E-state index contributed by atoms with van der Waals surface area (Å²) in [5, 5.41) is 10.2. The number of amides is 1. The number of aliphatic hydroxyl groups excluding tert-OH is 1. The van der Waals surface area contributed by atoms with Crippen LogP contribution in [0, 0.1) is 6.92 Å². The number of rotatable bonds is 8. The standard InChI is InChI=1S/C31H31N5O5/c1-17-33-24-10-9-18(11-26(24)40-17)23-14-32-29-28(23)30(41-22-5-3-4-6-22)35-27(34-29)13-19-7-8-20(12-25(19)39-2)31(38)36-15-21(36)16-37/h7-12,14,21-22,37H,3-6,13,15-16H2,1-2H3,(H,32,34,35)/t21-,36?/m0/s1. The van der Waals surface area contributed by atoms with E-state index < -0.39 is 0 Å². The zero-order valence-corrected chi connectivity index (χ0v) is 23.0. The second kappa shape index (κ2) is 10.2. The fourth-order valence-corrected chi connectivity index (χ4v) is 5.75. The summed E-state index contributed by atoms with van der Waals surface area (Å²) in [5.41, 5.74) is 5.51. The maximum atomic E-state index is 12.8. The van der Waals surface area contributed by atoms with Gasteiger partial charge in [-0.3, -0.25) is 4.79 Å². The van der Waals surface area contributed by atoms with Crippen molar-refractivity contribution in [2.45, 2.75) is 51.2 Å². The van der Waals surface area contributed by atoms with E-state index in [1.807, 2.05) is 37.4 Å². The van der Waals surface area contributed by atoms with Gasteiger partial charge < -0.3 is 28.9 Å². The lowest BCUT2D eigenvalue weighted by atomic mass is 10.0. The van der Waals surface area contributed by atoms with Gasteiger partial charge in [-0.2, -0.15) is 4.98 Å². The quantitative estimate of drug-likeness (QED) is 0.262. The Morgan fingerprint density at radius 2 is 2.00 bits per heavy atom. The van der Waals surface area contributed by atoms with Crippen LogP contribution in [-0.4, -0.2) is 68.3 Å². The molecule has 1 saturated heterocycles. The summed E-state index contributed by atoms with van der Waals surface area (Å²) in [6.45, 7) is 2.38. The number of nitrogens with one attached hydrogen (secondary N) is 1. The van der Waals surface area contributed by atoms with E-state index in [-0.39, 0.29) is 24.7 Å². The number of hydrogen-bond acceptors (Lipinski definition) is 8. The highest BCUT2D eigenvalue weighted by atomic mass is 16.5. The molecule has 1 amide bonds. The van der Waals surface area contributed by atoms with E-state index in [1.54, 1.807) is 24.1 Å². The highest BCUT2D eigenvalue weighted by molar-refractivity contribution is 5.99. The van der Waals surface area contributed by atoms with Gasteiger partial charge in [-0.25, -0.2) is 9.97 Å². The first-order chi connectivity index (χ1) is 20.0. The largest absolute Gasteiger partial charge is 0.496 e. The first-order valence-electron chi connectivity index (χ1n) is 14.0. The second-order valence-electron chi connectivity index (χ2n) is 10.8. The summed E-state index contributed by atoms with van der Waals surface area (Å²) in [6, 6.07) is 11.3. The molecule has 2 aromatic carbocycles. The van der Waals surface area contributed by atoms with Gasteiger partial charge in [-0.1, -0.05) is 12.1 Å². The van der Waals surface area contributed by atoms with Crippen LogP contribution in [-0.2, 0) is 6.42 Å². The molecule has 2 fully saturated rings. The summed E-state index contributed by atoms with van der Waals surface area (Å²) in [5.74, 6) is 2.24. The number of aryl methyl sites for hydroxylation is 1. The SMILES string of the molecule is COc1cc(C(=O)N2C[C@H]2CO)ccc1Cc1nc(OC2CCCC2)c2c(-c3ccc4nc(C)oc4c3)c[nH]c2n1. The molecule has 1 aliphatic heterocycles. The van der Waals surface area contributed by atoms with Gasteiger partial charge >= 0.3 is 0 Å². The van der Waals surface area contributed by atoms with Crippen LogP contribution in [0.3, 0.4) is 0 Å². The third kappa shape index (κ3) is 4.78. The van der Waals surface area contributed by atoms with Crippen molar-refractivity contribution in [1.29, 1.82) is 0 Å². The van der Waals surface area contributed by atoms with Gasteiger partial charge in [0, 0.05) is 42.8 Å².